The van der Waals surface area contributed by atoms with Crippen molar-refractivity contribution < 1.29 is 49.3 Å². The number of hydrogen-bond donors (Lipinski definition) is 6. The molecular weight excluding hydrogens is 1180 g/mol. The molecule has 0 aromatic heterocycles. The maximum atomic E-state index is 13.0. The van der Waals surface area contributed by atoms with Crippen molar-refractivity contribution in [2.24, 2.45) is 0 Å². The van der Waals surface area contributed by atoms with E-state index >= 15 is 0 Å². The fourth-order valence-electron chi connectivity index (χ4n) is 12.6. The monoisotopic (exact) mass is 1340 g/mol. The van der Waals surface area contributed by atoms with Crippen LogP contribution in [0.3, 0.4) is 0 Å². The fourth-order valence-corrected chi connectivity index (χ4v) is 12.6. The minimum atomic E-state index is -1.58. The van der Waals surface area contributed by atoms with Crippen LogP contribution >= 0.6 is 0 Å². The van der Waals surface area contributed by atoms with Crippen LogP contribution < -0.4 is 5.32 Å². The lowest BCUT2D eigenvalue weighted by atomic mass is 9.99. The number of ether oxygens (including phenoxy) is 3. The predicted molar refractivity (Wildman–Crippen MR) is 403 cm³/mol. The minimum Gasteiger partial charge on any atom is -0.466 e. The van der Waals surface area contributed by atoms with Crippen LogP contribution in [0.1, 0.15) is 386 Å². The summed E-state index contributed by atoms with van der Waals surface area (Å²) < 4.78 is 16.7. The van der Waals surface area contributed by atoms with Crippen LogP contribution in [0.2, 0.25) is 0 Å². The zero-order valence-corrected chi connectivity index (χ0v) is 61.9. The number of nitrogens with one attached hydrogen (secondary N) is 1. The number of aliphatic hydroxyl groups is 5. The molecule has 0 radical (unpaired) electrons. The second-order valence-electron chi connectivity index (χ2n) is 28.1. The molecule has 0 saturated carbocycles. The smallest absolute Gasteiger partial charge is 0.305 e. The SMILES string of the molecule is CCCCC/C=C\C/C=C\CCCCCCCCCCCC(=O)OCCCCCCCCCCCCCCCCC/C=C\C/C=C\CCCCCCCCCCCCCCCCCCCC(=O)NC(COC1OC(CO)C(O)C(O)C1O)C(O)/C=C/CC/C=C/CCCCC. The molecular formula is C84H153NO10. The average molecular weight is 1340 g/mol. The van der Waals surface area contributed by atoms with Crippen molar-refractivity contribution in [1.82, 2.24) is 5.32 Å². The first-order chi connectivity index (χ1) is 46.7. The zero-order chi connectivity index (χ0) is 68.6. The second kappa shape index (κ2) is 72.4. The first kappa shape index (κ1) is 90.1. The minimum absolute atomic E-state index is 0.0107. The summed E-state index contributed by atoms with van der Waals surface area (Å²) in [6, 6.07) is -0.825. The lowest BCUT2D eigenvalue weighted by Gasteiger charge is -2.40. The van der Waals surface area contributed by atoms with Crippen molar-refractivity contribution in [1.29, 1.82) is 0 Å². The zero-order valence-electron chi connectivity index (χ0n) is 61.9. The molecule has 1 rings (SSSR count). The summed E-state index contributed by atoms with van der Waals surface area (Å²) in [6.45, 7) is 4.29. The van der Waals surface area contributed by atoms with Gasteiger partial charge < -0.3 is 45.1 Å². The van der Waals surface area contributed by atoms with Crippen molar-refractivity contribution in [3.8, 4) is 0 Å². The van der Waals surface area contributed by atoms with Gasteiger partial charge in [-0.2, -0.15) is 0 Å². The molecule has 1 saturated heterocycles. The van der Waals surface area contributed by atoms with E-state index in [9.17, 15) is 35.1 Å². The number of allylic oxidation sites excluding steroid dienone is 11. The third-order valence-corrected chi connectivity index (χ3v) is 19.0. The third kappa shape index (κ3) is 60.8. The number of aliphatic hydroxyl groups excluding tert-OH is 5. The molecule has 554 valence electrons. The summed E-state index contributed by atoms with van der Waals surface area (Å²) in [7, 11) is 0. The first-order valence-electron chi connectivity index (χ1n) is 40.7. The summed E-state index contributed by atoms with van der Waals surface area (Å²) in [5.74, 6) is -0.180. The van der Waals surface area contributed by atoms with Crippen LogP contribution in [-0.4, -0.2) is 100 Å². The largest absolute Gasteiger partial charge is 0.466 e. The number of amides is 1. The Morgan fingerprint density at radius 3 is 1.11 bits per heavy atom. The van der Waals surface area contributed by atoms with Crippen LogP contribution in [-0.2, 0) is 23.8 Å². The molecule has 1 aliphatic rings. The van der Waals surface area contributed by atoms with Gasteiger partial charge in [-0.3, -0.25) is 9.59 Å². The van der Waals surface area contributed by atoms with E-state index in [2.05, 4.69) is 79.9 Å². The highest BCUT2D eigenvalue weighted by Gasteiger charge is 2.44. The molecule has 6 N–H and O–H groups in total. The second-order valence-corrected chi connectivity index (χ2v) is 28.1. The van der Waals surface area contributed by atoms with Gasteiger partial charge in [0, 0.05) is 12.8 Å². The Hall–Kier alpha value is -2.90. The van der Waals surface area contributed by atoms with E-state index in [1.807, 2.05) is 6.08 Å². The first-order valence-corrected chi connectivity index (χ1v) is 40.7. The summed E-state index contributed by atoms with van der Waals surface area (Å²) in [6.07, 6.45) is 89.7. The fraction of sp³-hybridized carbons (Fsp3) is 0.833. The van der Waals surface area contributed by atoms with Crippen molar-refractivity contribution >= 4 is 11.9 Å². The van der Waals surface area contributed by atoms with Gasteiger partial charge in [-0.15, -0.1) is 0 Å². The number of carbonyl (C=O) groups is 2. The molecule has 1 amide bonds. The van der Waals surface area contributed by atoms with Gasteiger partial charge in [0.05, 0.1) is 32.0 Å². The van der Waals surface area contributed by atoms with Gasteiger partial charge in [0.25, 0.3) is 0 Å². The molecule has 1 aliphatic heterocycles. The van der Waals surface area contributed by atoms with Crippen molar-refractivity contribution in [3.63, 3.8) is 0 Å². The molecule has 95 heavy (non-hydrogen) atoms. The van der Waals surface area contributed by atoms with E-state index < -0.39 is 49.5 Å². The van der Waals surface area contributed by atoms with Crippen LogP contribution in [0.4, 0.5) is 0 Å². The van der Waals surface area contributed by atoms with Crippen LogP contribution in [0.5, 0.6) is 0 Å². The number of rotatable bonds is 72. The number of unbranched alkanes of at least 4 members (excludes halogenated alkanes) is 48. The van der Waals surface area contributed by atoms with Gasteiger partial charge >= 0.3 is 5.97 Å². The van der Waals surface area contributed by atoms with Gasteiger partial charge in [-0.05, 0) is 109 Å². The van der Waals surface area contributed by atoms with Gasteiger partial charge in [0.1, 0.15) is 24.4 Å². The maximum Gasteiger partial charge on any atom is 0.305 e. The lowest BCUT2D eigenvalue weighted by Crippen LogP contribution is -2.60. The van der Waals surface area contributed by atoms with Gasteiger partial charge in [0.2, 0.25) is 5.91 Å². The van der Waals surface area contributed by atoms with Crippen LogP contribution in [0, 0.1) is 0 Å². The summed E-state index contributed by atoms with van der Waals surface area (Å²) in [5.41, 5.74) is 0. The number of carbonyl (C=O) groups excluding carboxylic acids is 2. The van der Waals surface area contributed by atoms with E-state index in [-0.39, 0.29) is 18.5 Å². The van der Waals surface area contributed by atoms with E-state index in [1.165, 1.54) is 289 Å². The predicted octanol–water partition coefficient (Wildman–Crippen LogP) is 22.2. The molecule has 11 heteroatoms. The molecule has 0 aromatic carbocycles. The molecule has 1 heterocycles. The van der Waals surface area contributed by atoms with Crippen LogP contribution in [0.15, 0.2) is 72.9 Å². The summed E-state index contributed by atoms with van der Waals surface area (Å²) in [5, 5.41) is 54.3. The lowest BCUT2D eigenvalue weighted by molar-refractivity contribution is -0.302. The van der Waals surface area contributed by atoms with Crippen molar-refractivity contribution in [2.45, 2.75) is 429 Å². The average Bonchev–Trinajstić information content (AvgIpc) is 0.847. The Morgan fingerprint density at radius 1 is 0.389 bits per heavy atom. The molecule has 0 spiro atoms. The summed E-state index contributed by atoms with van der Waals surface area (Å²) in [4.78, 5) is 25.2. The van der Waals surface area contributed by atoms with E-state index in [1.54, 1.807) is 6.08 Å². The molecule has 1 fully saturated rings. The van der Waals surface area contributed by atoms with Gasteiger partial charge in [0.15, 0.2) is 6.29 Å². The Labute approximate surface area is 585 Å². The Kier molecular flexibility index (Phi) is 68.6. The van der Waals surface area contributed by atoms with Gasteiger partial charge in [-0.1, -0.05) is 337 Å². The molecule has 0 aliphatic carbocycles. The van der Waals surface area contributed by atoms with E-state index in [0.29, 0.717) is 19.4 Å². The normalized spacial score (nSPS) is 17.7. The molecule has 0 aromatic rings. The molecule has 11 nitrogen and oxygen atoms in total. The Morgan fingerprint density at radius 2 is 0.716 bits per heavy atom. The quantitative estimate of drug-likeness (QED) is 0.0195. The highest BCUT2D eigenvalue weighted by Crippen LogP contribution is 2.24. The third-order valence-electron chi connectivity index (χ3n) is 19.0. The molecule has 0 bridgehead atoms. The van der Waals surface area contributed by atoms with Crippen molar-refractivity contribution in [3.05, 3.63) is 72.9 Å². The maximum absolute atomic E-state index is 13.0. The van der Waals surface area contributed by atoms with Crippen molar-refractivity contribution in [2.75, 3.05) is 19.8 Å². The molecule has 7 unspecified atom stereocenters. The molecule has 7 atom stereocenters. The summed E-state index contributed by atoms with van der Waals surface area (Å²) >= 11 is 0. The number of hydrogen-bond acceptors (Lipinski definition) is 10. The standard InChI is InChI=1S/C84H153NO10/c1-3-5-7-9-11-13-14-15-16-17-39-43-46-49-52-56-60-64-68-72-80(89)93-73-69-65-61-57-53-50-47-44-41-38-36-34-32-30-28-26-24-22-20-18-19-21-23-25-27-29-31-33-35-37-40-42-45-48-51-55-59-63-67-71-79(88)85-76(77(87)70-66-62-58-54-12-10-8-6-4-2)75-94-84-83(92)82(91)81(90)78(74-86)95-84/h11-13,15-16,18-19,22,24,54,66,70,76-78,81-84,86-87,90-92H,3-10,14,17,20-21,23,25-53,55-65,67-69,71-75H2,1-2H3,(H,85,88)/b13-11-,16-15-,19-18-,24-22-,54-12+,70-66+. The van der Waals surface area contributed by atoms with E-state index in [0.717, 1.165) is 70.6 Å². The highest BCUT2D eigenvalue weighted by atomic mass is 16.7. The number of esters is 1. The van der Waals surface area contributed by atoms with Crippen LogP contribution in [0.25, 0.3) is 0 Å². The van der Waals surface area contributed by atoms with E-state index in [4.69, 9.17) is 14.2 Å². The van der Waals surface area contributed by atoms with Gasteiger partial charge in [-0.25, -0.2) is 0 Å². The topological polar surface area (TPSA) is 175 Å². The highest BCUT2D eigenvalue weighted by molar-refractivity contribution is 5.76. The Bertz CT molecular complexity index is 1810. The Balaban J connectivity index is 1.85.